The molecule has 0 aromatic carbocycles. The first-order valence-electron chi connectivity index (χ1n) is 7.81. The van der Waals surface area contributed by atoms with Crippen molar-refractivity contribution in [3.05, 3.63) is 10.7 Å². The molecule has 2 aliphatic heterocycles. The third kappa shape index (κ3) is 2.94. The average molecular weight is 313 g/mol. The highest BCUT2D eigenvalue weighted by atomic mass is 35.5. The van der Waals surface area contributed by atoms with Gasteiger partial charge in [-0.15, -0.1) is 0 Å². The first-order valence-corrected chi connectivity index (χ1v) is 8.19. The summed E-state index contributed by atoms with van der Waals surface area (Å²) < 4.78 is 5.52. The van der Waals surface area contributed by atoms with E-state index in [0.29, 0.717) is 6.54 Å². The third-order valence-corrected chi connectivity index (χ3v) is 4.88. The van der Waals surface area contributed by atoms with Crippen LogP contribution < -0.4 is 5.32 Å². The van der Waals surface area contributed by atoms with Crippen molar-refractivity contribution >= 4 is 23.4 Å². The first kappa shape index (κ1) is 14.9. The predicted molar refractivity (Wildman–Crippen MR) is 78.6 cm³/mol. The summed E-state index contributed by atoms with van der Waals surface area (Å²) in [5, 5.41) is 3.06. The zero-order valence-electron chi connectivity index (χ0n) is 12.1. The second kappa shape index (κ2) is 6.36. The van der Waals surface area contributed by atoms with Gasteiger partial charge in [0, 0.05) is 19.2 Å². The Morgan fingerprint density at radius 1 is 1.10 bits per heavy atom. The number of hydrogen-bond donors (Lipinski definition) is 1. The van der Waals surface area contributed by atoms with Crippen molar-refractivity contribution in [3.63, 3.8) is 0 Å². The standard InChI is InChI=1S/C15H21ClN2O3/c16-12-13(17-9-11-7-4-8-21-11)15(20)18(14(12)19)10-5-2-1-3-6-10/h10-11,17H,1-9H2/t11-/m1/s1. The molecule has 3 aliphatic rings. The summed E-state index contributed by atoms with van der Waals surface area (Å²) >= 11 is 6.09. The summed E-state index contributed by atoms with van der Waals surface area (Å²) in [6.07, 6.45) is 7.22. The quantitative estimate of drug-likeness (QED) is 0.806. The molecular weight excluding hydrogens is 292 g/mol. The molecule has 0 radical (unpaired) electrons. The molecule has 21 heavy (non-hydrogen) atoms. The summed E-state index contributed by atoms with van der Waals surface area (Å²) in [5.41, 5.74) is 0.253. The second-order valence-electron chi connectivity index (χ2n) is 5.98. The van der Waals surface area contributed by atoms with E-state index in [1.165, 1.54) is 11.3 Å². The smallest absolute Gasteiger partial charge is 0.278 e. The van der Waals surface area contributed by atoms with Gasteiger partial charge in [-0.2, -0.15) is 0 Å². The van der Waals surface area contributed by atoms with E-state index in [1.54, 1.807) is 0 Å². The highest BCUT2D eigenvalue weighted by Crippen LogP contribution is 2.30. The third-order valence-electron chi connectivity index (χ3n) is 4.53. The number of imide groups is 1. The minimum Gasteiger partial charge on any atom is -0.377 e. The van der Waals surface area contributed by atoms with Gasteiger partial charge in [-0.3, -0.25) is 14.5 Å². The van der Waals surface area contributed by atoms with Crippen molar-refractivity contribution in [1.82, 2.24) is 10.2 Å². The molecule has 3 rings (SSSR count). The van der Waals surface area contributed by atoms with Crippen LogP contribution in [0.3, 0.4) is 0 Å². The minimum atomic E-state index is -0.344. The molecule has 1 saturated carbocycles. The Bertz CT molecular complexity index is 466. The molecule has 0 aromatic rings. The lowest BCUT2D eigenvalue weighted by molar-refractivity contribution is -0.140. The molecular formula is C15H21ClN2O3. The highest BCUT2D eigenvalue weighted by Gasteiger charge is 2.42. The lowest BCUT2D eigenvalue weighted by atomic mass is 9.94. The molecule has 0 bridgehead atoms. The number of ether oxygens (including phenoxy) is 1. The Balaban J connectivity index is 1.65. The maximum atomic E-state index is 12.5. The number of carbonyl (C=O) groups excluding carboxylic acids is 2. The van der Waals surface area contributed by atoms with Gasteiger partial charge in [0.1, 0.15) is 10.7 Å². The normalized spacial score (nSPS) is 27.9. The molecule has 5 nitrogen and oxygen atoms in total. The summed E-state index contributed by atoms with van der Waals surface area (Å²) in [6, 6.07) is 0.00882. The van der Waals surface area contributed by atoms with Crippen LogP contribution in [0, 0.1) is 0 Å². The zero-order valence-corrected chi connectivity index (χ0v) is 12.8. The molecule has 0 unspecified atom stereocenters. The van der Waals surface area contributed by atoms with Gasteiger partial charge < -0.3 is 10.1 Å². The fourth-order valence-corrected chi connectivity index (χ4v) is 3.60. The fraction of sp³-hybridized carbons (Fsp3) is 0.733. The van der Waals surface area contributed by atoms with Gasteiger partial charge in [-0.25, -0.2) is 0 Å². The molecule has 6 heteroatoms. The molecule has 2 heterocycles. The van der Waals surface area contributed by atoms with Gasteiger partial charge in [-0.05, 0) is 25.7 Å². The minimum absolute atomic E-state index is 0.00882. The Kier molecular flexibility index (Phi) is 4.50. The van der Waals surface area contributed by atoms with Crippen molar-refractivity contribution in [2.45, 2.75) is 57.1 Å². The molecule has 0 aromatic heterocycles. The van der Waals surface area contributed by atoms with Crippen LogP contribution in [0.15, 0.2) is 10.7 Å². The SMILES string of the molecule is O=C1C(Cl)=C(NC[C@H]2CCCO2)C(=O)N1C1CCCCC1. The van der Waals surface area contributed by atoms with Crippen molar-refractivity contribution in [2.75, 3.05) is 13.2 Å². The molecule has 1 N–H and O–H groups in total. The van der Waals surface area contributed by atoms with Gasteiger partial charge in [0.25, 0.3) is 11.8 Å². The van der Waals surface area contributed by atoms with Crippen molar-refractivity contribution < 1.29 is 14.3 Å². The molecule has 1 atom stereocenters. The van der Waals surface area contributed by atoms with E-state index in [9.17, 15) is 9.59 Å². The summed E-state index contributed by atoms with van der Waals surface area (Å²) in [6.45, 7) is 1.29. The lowest BCUT2D eigenvalue weighted by Crippen LogP contribution is -2.43. The van der Waals surface area contributed by atoms with E-state index in [-0.39, 0.29) is 34.7 Å². The zero-order chi connectivity index (χ0) is 14.8. The van der Waals surface area contributed by atoms with Crippen LogP contribution in [-0.2, 0) is 14.3 Å². The van der Waals surface area contributed by atoms with E-state index in [0.717, 1.165) is 45.1 Å². The van der Waals surface area contributed by atoms with Gasteiger partial charge in [0.2, 0.25) is 0 Å². The molecule has 2 amide bonds. The highest BCUT2D eigenvalue weighted by molar-refractivity contribution is 6.47. The number of hydrogen-bond acceptors (Lipinski definition) is 4. The number of nitrogens with zero attached hydrogens (tertiary/aromatic N) is 1. The summed E-state index contributed by atoms with van der Waals surface area (Å²) in [7, 11) is 0. The molecule has 1 aliphatic carbocycles. The maximum absolute atomic E-state index is 12.5. The first-order chi connectivity index (χ1) is 10.2. The van der Waals surface area contributed by atoms with Crippen LogP contribution >= 0.6 is 11.6 Å². The van der Waals surface area contributed by atoms with E-state index >= 15 is 0 Å². The van der Waals surface area contributed by atoms with E-state index in [1.807, 2.05) is 0 Å². The Labute approximate surface area is 129 Å². The largest absolute Gasteiger partial charge is 0.377 e. The topological polar surface area (TPSA) is 58.6 Å². The van der Waals surface area contributed by atoms with Gasteiger partial charge in [0.05, 0.1) is 6.10 Å². The van der Waals surface area contributed by atoms with Gasteiger partial charge in [0.15, 0.2) is 0 Å². The van der Waals surface area contributed by atoms with Gasteiger partial charge in [-0.1, -0.05) is 30.9 Å². The average Bonchev–Trinajstić information content (AvgIpc) is 3.08. The number of carbonyl (C=O) groups is 2. The fourth-order valence-electron chi connectivity index (χ4n) is 3.36. The van der Waals surface area contributed by atoms with Crippen LogP contribution in [-0.4, -0.2) is 42.0 Å². The van der Waals surface area contributed by atoms with Crippen LogP contribution in [0.1, 0.15) is 44.9 Å². The number of nitrogens with one attached hydrogen (secondary N) is 1. The van der Waals surface area contributed by atoms with Crippen LogP contribution in [0.25, 0.3) is 0 Å². The molecule has 0 spiro atoms. The second-order valence-corrected chi connectivity index (χ2v) is 6.36. The predicted octanol–water partition coefficient (Wildman–Crippen LogP) is 1.91. The van der Waals surface area contributed by atoms with Crippen molar-refractivity contribution in [1.29, 1.82) is 0 Å². The number of rotatable bonds is 4. The summed E-state index contributed by atoms with van der Waals surface area (Å²) in [5.74, 6) is -0.613. The molecule has 2 fully saturated rings. The van der Waals surface area contributed by atoms with E-state index < -0.39 is 0 Å². The Hall–Kier alpha value is -1.07. The van der Waals surface area contributed by atoms with Crippen molar-refractivity contribution in [3.8, 4) is 0 Å². The van der Waals surface area contributed by atoms with Gasteiger partial charge >= 0.3 is 0 Å². The van der Waals surface area contributed by atoms with E-state index in [4.69, 9.17) is 16.3 Å². The van der Waals surface area contributed by atoms with Crippen LogP contribution in [0.4, 0.5) is 0 Å². The van der Waals surface area contributed by atoms with Crippen molar-refractivity contribution in [2.24, 2.45) is 0 Å². The molecule has 116 valence electrons. The van der Waals surface area contributed by atoms with E-state index in [2.05, 4.69) is 5.32 Å². The Morgan fingerprint density at radius 2 is 1.86 bits per heavy atom. The number of halogens is 1. The Morgan fingerprint density at radius 3 is 2.52 bits per heavy atom. The number of amides is 2. The molecule has 1 saturated heterocycles. The van der Waals surface area contributed by atoms with Crippen LogP contribution in [0.5, 0.6) is 0 Å². The van der Waals surface area contributed by atoms with Crippen LogP contribution in [0.2, 0.25) is 0 Å². The maximum Gasteiger partial charge on any atom is 0.278 e. The monoisotopic (exact) mass is 312 g/mol. The summed E-state index contributed by atoms with van der Waals surface area (Å²) in [4.78, 5) is 26.1. The lowest BCUT2D eigenvalue weighted by Gasteiger charge is -2.29.